The van der Waals surface area contributed by atoms with E-state index in [1.807, 2.05) is 39.0 Å². The molecule has 8 nitrogen and oxygen atoms in total. The van der Waals surface area contributed by atoms with Gasteiger partial charge in [-0.3, -0.25) is 9.59 Å². The number of rotatable bonds is 8. The molecule has 2 aliphatic rings. The summed E-state index contributed by atoms with van der Waals surface area (Å²) in [6, 6.07) is 7.31. The predicted octanol–water partition coefficient (Wildman–Crippen LogP) is 9.15. The molecule has 47 heavy (non-hydrogen) atoms. The van der Waals surface area contributed by atoms with E-state index < -0.39 is 11.1 Å². The fourth-order valence-corrected chi connectivity index (χ4v) is 6.30. The summed E-state index contributed by atoms with van der Waals surface area (Å²) >= 11 is 6.23. The number of hydrogen-bond donors (Lipinski definition) is 2. The highest BCUT2D eigenvalue weighted by Gasteiger charge is 2.24. The van der Waals surface area contributed by atoms with Crippen LogP contribution in [0.15, 0.2) is 36.9 Å². The van der Waals surface area contributed by atoms with Gasteiger partial charge in [0.05, 0.1) is 37.0 Å². The Morgan fingerprint density at radius 3 is 1.74 bits per heavy atom. The monoisotopic (exact) mass is 660 g/mol. The molecule has 8 bridgehead atoms. The van der Waals surface area contributed by atoms with Crippen molar-refractivity contribution in [3.05, 3.63) is 82.0 Å². The summed E-state index contributed by atoms with van der Waals surface area (Å²) in [5.74, 6) is -0.723. The minimum absolute atomic E-state index is 0.110. The number of aryl methyl sites for hydroxylation is 2. The van der Waals surface area contributed by atoms with E-state index in [1.165, 1.54) is 14.2 Å². The molecule has 0 radical (unpaired) electrons. The molecule has 0 aromatic carbocycles. The van der Waals surface area contributed by atoms with Crippen molar-refractivity contribution >= 4 is 79.0 Å². The van der Waals surface area contributed by atoms with E-state index in [1.54, 1.807) is 19.1 Å². The van der Waals surface area contributed by atoms with Gasteiger partial charge < -0.3 is 19.4 Å². The number of carbonyl (C=O) groups excluding carboxylic acids is 2. The van der Waals surface area contributed by atoms with Crippen LogP contribution in [0.3, 0.4) is 0 Å². The highest BCUT2D eigenvalue weighted by molar-refractivity contribution is 6.50. The number of ether oxygens (including phenoxy) is 2. The van der Waals surface area contributed by atoms with Crippen molar-refractivity contribution in [1.29, 1.82) is 0 Å². The normalized spacial score (nSPS) is 12.8. The molecule has 0 aliphatic carbocycles. The van der Waals surface area contributed by atoms with Crippen molar-refractivity contribution in [1.82, 2.24) is 19.9 Å². The van der Waals surface area contributed by atoms with Crippen LogP contribution < -0.4 is 0 Å². The lowest BCUT2D eigenvalue weighted by molar-refractivity contribution is -0.141. The van der Waals surface area contributed by atoms with Crippen molar-refractivity contribution in [3.63, 3.8) is 0 Å². The zero-order valence-electron chi connectivity index (χ0n) is 27.1. The number of nitrogens with one attached hydrogen (secondary N) is 2. The van der Waals surface area contributed by atoms with Gasteiger partial charge in [0.2, 0.25) is 0 Å². The van der Waals surface area contributed by atoms with Crippen molar-refractivity contribution in [2.75, 3.05) is 14.2 Å². The fraction of sp³-hybridized carbons (Fsp3) is 0.278. The first kappa shape index (κ1) is 33.5. The molecule has 0 spiro atoms. The Morgan fingerprint density at radius 2 is 1.26 bits per heavy atom. The van der Waals surface area contributed by atoms with Crippen LogP contribution in [0.4, 0.5) is 8.78 Å². The van der Waals surface area contributed by atoms with Crippen LogP contribution >= 0.6 is 11.6 Å². The average Bonchev–Trinajstić information content (AvgIpc) is 3.71. The first-order valence-corrected chi connectivity index (χ1v) is 15.4. The van der Waals surface area contributed by atoms with Gasteiger partial charge in [-0.2, -0.15) is 8.78 Å². The summed E-state index contributed by atoms with van der Waals surface area (Å²) in [6.07, 6.45) is 0.707. The Bertz CT molecular complexity index is 2100. The Hall–Kier alpha value is -4.83. The van der Waals surface area contributed by atoms with Gasteiger partial charge in [-0.1, -0.05) is 24.3 Å². The number of methoxy groups -OCH3 is 2. The number of aromatic nitrogens is 4. The second kappa shape index (κ2) is 13.5. The lowest BCUT2D eigenvalue weighted by Gasteiger charge is -2.06. The summed E-state index contributed by atoms with van der Waals surface area (Å²) in [5.41, 5.74) is 10.6. The molecule has 244 valence electrons. The topological polar surface area (TPSA) is 110 Å². The largest absolute Gasteiger partial charge is 0.469 e. The highest BCUT2D eigenvalue weighted by Crippen LogP contribution is 2.39. The maximum Gasteiger partial charge on any atom is 0.305 e. The predicted molar refractivity (Wildman–Crippen MR) is 183 cm³/mol. The molecule has 3 aromatic heterocycles. The van der Waals surface area contributed by atoms with Gasteiger partial charge in [0, 0.05) is 46.0 Å². The SMILES string of the molecule is C=Cc1c(C)c2cc3nc(cc4nc(cc5[nH]c(cc1[nH]2)c(C)c5C(Cl)=C(F)F)C(C)=C4CCC(=O)OC)C(CCC(=O)OC)=C3C. The van der Waals surface area contributed by atoms with Gasteiger partial charge in [0.25, 0.3) is 6.08 Å². The zero-order valence-corrected chi connectivity index (χ0v) is 27.8. The lowest BCUT2D eigenvalue weighted by atomic mass is 9.98. The number of fused-ring (bicyclic) bond motifs is 8. The highest BCUT2D eigenvalue weighted by atomic mass is 35.5. The van der Waals surface area contributed by atoms with Gasteiger partial charge in [-0.05, 0) is 98.2 Å². The third kappa shape index (κ3) is 6.42. The van der Waals surface area contributed by atoms with E-state index in [4.69, 9.17) is 31.0 Å². The molecule has 3 aromatic rings. The van der Waals surface area contributed by atoms with Crippen LogP contribution in [0.2, 0.25) is 0 Å². The molecule has 0 amide bonds. The average molecular weight is 661 g/mol. The molecular weight excluding hydrogens is 626 g/mol. The summed E-state index contributed by atoms with van der Waals surface area (Å²) < 4.78 is 37.8. The van der Waals surface area contributed by atoms with E-state index in [9.17, 15) is 18.4 Å². The third-order valence-corrected chi connectivity index (χ3v) is 9.12. The van der Waals surface area contributed by atoms with Crippen LogP contribution in [-0.4, -0.2) is 46.1 Å². The Morgan fingerprint density at radius 1 is 0.766 bits per heavy atom. The molecule has 0 unspecified atom stereocenters. The van der Waals surface area contributed by atoms with Crippen molar-refractivity contribution in [2.45, 2.75) is 53.4 Å². The van der Waals surface area contributed by atoms with E-state index in [0.717, 1.165) is 44.5 Å². The van der Waals surface area contributed by atoms with Crippen LogP contribution in [0.1, 0.15) is 84.6 Å². The van der Waals surface area contributed by atoms with Crippen molar-refractivity contribution in [2.24, 2.45) is 0 Å². The molecule has 0 saturated heterocycles. The number of nitrogens with zero attached hydrogens (tertiary/aromatic N) is 2. The second-order valence-corrected chi connectivity index (χ2v) is 11.8. The van der Waals surface area contributed by atoms with Crippen LogP contribution in [0.5, 0.6) is 0 Å². The van der Waals surface area contributed by atoms with Crippen LogP contribution in [0, 0.1) is 13.8 Å². The fourth-order valence-electron chi connectivity index (χ4n) is 6.05. The minimum atomic E-state index is -2.01. The van der Waals surface area contributed by atoms with E-state index in [0.29, 0.717) is 52.2 Å². The molecule has 0 saturated carbocycles. The maximum atomic E-state index is 14.0. The standard InChI is InChI=1S/C36H35ClF2N4O4/c1-8-21-17(2)24-13-25-18(3)22(9-11-32(44)46-6)29(41-25)16-30-23(10-12-33(45)47-7)19(4)26(42-30)15-31-34(35(37)36(38)39)20(5)27(43-31)14-28(21)40-24/h8,13-16,40,43H,1,9-12H2,2-7H3. The molecule has 11 heteroatoms. The number of aromatic amines is 2. The number of carbonyl (C=O) groups is 2. The van der Waals surface area contributed by atoms with E-state index in [2.05, 4.69) is 16.5 Å². The number of hydrogen-bond acceptors (Lipinski definition) is 6. The smallest absolute Gasteiger partial charge is 0.305 e. The molecule has 2 N–H and O–H groups in total. The van der Waals surface area contributed by atoms with Gasteiger partial charge in [-0.25, -0.2) is 9.97 Å². The molecule has 0 atom stereocenters. The minimum Gasteiger partial charge on any atom is -0.469 e. The van der Waals surface area contributed by atoms with E-state index in [-0.39, 0.29) is 30.3 Å². The first-order chi connectivity index (χ1) is 22.4. The second-order valence-electron chi connectivity index (χ2n) is 11.4. The number of esters is 2. The summed E-state index contributed by atoms with van der Waals surface area (Å²) in [5, 5.41) is -0.663. The molecular formula is C36H35ClF2N4O4. The molecule has 2 aliphatic heterocycles. The van der Waals surface area contributed by atoms with E-state index >= 15 is 0 Å². The third-order valence-electron chi connectivity index (χ3n) is 8.79. The summed E-state index contributed by atoms with van der Waals surface area (Å²) in [7, 11) is 2.68. The maximum absolute atomic E-state index is 14.0. The zero-order chi connectivity index (χ0) is 34.2. The Kier molecular flexibility index (Phi) is 9.63. The first-order valence-electron chi connectivity index (χ1n) is 15.0. The van der Waals surface area contributed by atoms with Crippen molar-refractivity contribution in [3.8, 4) is 0 Å². The number of allylic oxidation sites excluding steroid dienone is 4. The molecule has 5 rings (SSSR count). The molecule has 0 fully saturated rings. The summed E-state index contributed by atoms with van der Waals surface area (Å²) in [6.45, 7) is 11.5. The van der Waals surface area contributed by atoms with Gasteiger partial charge in [0.1, 0.15) is 5.03 Å². The van der Waals surface area contributed by atoms with Crippen LogP contribution in [0.25, 0.3) is 55.5 Å². The molecule has 5 heterocycles. The van der Waals surface area contributed by atoms with Gasteiger partial charge in [-0.15, -0.1) is 0 Å². The van der Waals surface area contributed by atoms with Crippen molar-refractivity contribution < 1.29 is 27.8 Å². The van der Waals surface area contributed by atoms with Gasteiger partial charge in [0.15, 0.2) is 0 Å². The number of halogens is 3. The lowest BCUT2D eigenvalue weighted by Crippen LogP contribution is -2.01. The Labute approximate surface area is 275 Å². The number of H-pyrrole nitrogens is 2. The quantitative estimate of drug-likeness (QED) is 0.233. The Balaban J connectivity index is 1.94. The summed E-state index contributed by atoms with van der Waals surface area (Å²) in [4.78, 5) is 41.0. The van der Waals surface area contributed by atoms with Gasteiger partial charge >= 0.3 is 11.9 Å². The van der Waals surface area contributed by atoms with Crippen LogP contribution in [-0.2, 0) is 19.1 Å².